The van der Waals surface area contributed by atoms with Crippen molar-refractivity contribution in [1.29, 1.82) is 0 Å². The first-order valence-corrected chi connectivity index (χ1v) is 8.92. The zero-order valence-corrected chi connectivity index (χ0v) is 15.3. The van der Waals surface area contributed by atoms with Gasteiger partial charge in [0.1, 0.15) is 0 Å². The summed E-state index contributed by atoms with van der Waals surface area (Å²) in [7, 11) is 2.16. The fraction of sp³-hybridized carbons (Fsp3) is 0.400. The maximum absolute atomic E-state index is 4.59. The Bertz CT molecular complexity index is 612. The lowest BCUT2D eigenvalue weighted by molar-refractivity contribution is 0.322. The fourth-order valence-electron chi connectivity index (χ4n) is 2.52. The highest BCUT2D eigenvalue weighted by molar-refractivity contribution is 5.79. The highest BCUT2D eigenvalue weighted by Gasteiger charge is 2.01. The minimum atomic E-state index is 0.587. The molecule has 5 nitrogen and oxygen atoms in total. The first kappa shape index (κ1) is 18.9. The van der Waals surface area contributed by atoms with E-state index >= 15 is 0 Å². The molecule has 2 N–H and O–H groups in total. The molecule has 1 aromatic heterocycles. The molecular weight excluding hydrogens is 310 g/mol. The number of nitrogens with one attached hydrogen (secondary N) is 2. The second-order valence-electron chi connectivity index (χ2n) is 6.02. The Morgan fingerprint density at radius 3 is 2.60 bits per heavy atom. The topological polar surface area (TPSA) is 52.6 Å². The van der Waals surface area contributed by atoms with E-state index in [0.29, 0.717) is 6.54 Å². The molecule has 2 rings (SSSR count). The number of guanidine groups is 1. The Morgan fingerprint density at radius 2 is 1.88 bits per heavy atom. The van der Waals surface area contributed by atoms with Crippen molar-refractivity contribution in [3.8, 4) is 0 Å². The molecule has 0 fully saturated rings. The van der Waals surface area contributed by atoms with Crippen LogP contribution in [0.25, 0.3) is 0 Å². The molecule has 0 aliphatic heterocycles. The van der Waals surface area contributed by atoms with Gasteiger partial charge in [0.05, 0.1) is 12.2 Å². The largest absolute Gasteiger partial charge is 0.357 e. The molecule has 5 heteroatoms. The van der Waals surface area contributed by atoms with Crippen LogP contribution in [0.3, 0.4) is 0 Å². The molecule has 0 aliphatic carbocycles. The van der Waals surface area contributed by atoms with Gasteiger partial charge >= 0.3 is 0 Å². The van der Waals surface area contributed by atoms with Crippen LogP contribution in [0.2, 0.25) is 0 Å². The van der Waals surface area contributed by atoms with E-state index in [1.165, 1.54) is 5.56 Å². The van der Waals surface area contributed by atoms with Crippen LogP contribution in [-0.4, -0.2) is 42.5 Å². The summed E-state index contributed by atoms with van der Waals surface area (Å²) >= 11 is 0. The summed E-state index contributed by atoms with van der Waals surface area (Å²) in [5.41, 5.74) is 2.32. The fourth-order valence-corrected chi connectivity index (χ4v) is 2.52. The average Bonchev–Trinajstić information content (AvgIpc) is 2.65. The SMILES string of the molecule is CCNC(=NCc1ccccn1)NCCCN(C)Cc1ccccc1. The standard InChI is InChI=1S/C20H29N5/c1-3-21-20(24-16-19-12-7-8-13-22-19)23-14-9-15-25(2)17-18-10-5-4-6-11-18/h4-8,10-13H,3,9,14-17H2,1-2H3,(H2,21,23,24). The summed E-state index contributed by atoms with van der Waals surface area (Å²) in [4.78, 5) is 11.2. The Morgan fingerprint density at radius 1 is 1.08 bits per heavy atom. The van der Waals surface area contributed by atoms with Gasteiger partial charge in [0.2, 0.25) is 0 Å². The van der Waals surface area contributed by atoms with E-state index in [-0.39, 0.29) is 0 Å². The van der Waals surface area contributed by atoms with Crippen molar-refractivity contribution in [3.05, 3.63) is 66.0 Å². The first-order chi connectivity index (χ1) is 12.3. The Kier molecular flexibility index (Phi) is 8.49. The Labute approximate surface area is 151 Å². The van der Waals surface area contributed by atoms with Crippen LogP contribution in [0, 0.1) is 0 Å². The molecule has 0 saturated heterocycles. The number of pyridine rings is 1. The van der Waals surface area contributed by atoms with Gasteiger partial charge in [-0.25, -0.2) is 4.99 Å². The van der Waals surface area contributed by atoms with E-state index in [1.54, 1.807) is 6.20 Å². The number of aromatic nitrogens is 1. The van der Waals surface area contributed by atoms with Gasteiger partial charge in [0, 0.05) is 25.8 Å². The number of hydrogen-bond acceptors (Lipinski definition) is 3. The molecule has 0 bridgehead atoms. The van der Waals surface area contributed by atoms with Crippen molar-refractivity contribution in [2.24, 2.45) is 4.99 Å². The van der Waals surface area contributed by atoms with Crippen LogP contribution in [-0.2, 0) is 13.1 Å². The highest BCUT2D eigenvalue weighted by Crippen LogP contribution is 2.02. The molecule has 0 unspecified atom stereocenters. The Hall–Kier alpha value is -2.40. The van der Waals surface area contributed by atoms with Crippen LogP contribution in [0.5, 0.6) is 0 Å². The average molecular weight is 339 g/mol. The van der Waals surface area contributed by atoms with Gasteiger partial charge < -0.3 is 15.5 Å². The van der Waals surface area contributed by atoms with Crippen molar-refractivity contribution in [2.75, 3.05) is 26.7 Å². The third-order valence-electron chi connectivity index (χ3n) is 3.77. The van der Waals surface area contributed by atoms with E-state index in [2.05, 4.69) is 69.8 Å². The lowest BCUT2D eigenvalue weighted by atomic mass is 10.2. The van der Waals surface area contributed by atoms with Gasteiger partial charge in [0.15, 0.2) is 5.96 Å². The molecule has 0 amide bonds. The van der Waals surface area contributed by atoms with Gasteiger partial charge in [-0.1, -0.05) is 36.4 Å². The first-order valence-electron chi connectivity index (χ1n) is 8.92. The number of aliphatic imine (C=N–C) groups is 1. The minimum Gasteiger partial charge on any atom is -0.357 e. The van der Waals surface area contributed by atoms with Crippen molar-refractivity contribution in [2.45, 2.75) is 26.4 Å². The van der Waals surface area contributed by atoms with Crippen LogP contribution in [0.1, 0.15) is 24.6 Å². The number of hydrogen-bond donors (Lipinski definition) is 2. The second-order valence-corrected chi connectivity index (χ2v) is 6.02. The highest BCUT2D eigenvalue weighted by atomic mass is 15.2. The minimum absolute atomic E-state index is 0.587. The van der Waals surface area contributed by atoms with Gasteiger partial charge in [-0.2, -0.15) is 0 Å². The molecule has 134 valence electrons. The van der Waals surface area contributed by atoms with Gasteiger partial charge in [0.25, 0.3) is 0 Å². The maximum atomic E-state index is 4.59. The van der Waals surface area contributed by atoms with Crippen molar-refractivity contribution < 1.29 is 0 Å². The van der Waals surface area contributed by atoms with Crippen molar-refractivity contribution in [3.63, 3.8) is 0 Å². The zero-order chi connectivity index (χ0) is 17.7. The van der Waals surface area contributed by atoms with E-state index in [1.807, 2.05) is 18.2 Å². The van der Waals surface area contributed by atoms with Gasteiger partial charge in [-0.3, -0.25) is 4.98 Å². The van der Waals surface area contributed by atoms with E-state index in [9.17, 15) is 0 Å². The predicted octanol–water partition coefficient (Wildman–Crippen LogP) is 2.66. The van der Waals surface area contributed by atoms with Crippen LogP contribution in [0.4, 0.5) is 0 Å². The summed E-state index contributed by atoms with van der Waals surface area (Å²) in [6, 6.07) is 16.5. The van der Waals surface area contributed by atoms with Crippen LogP contribution in [0.15, 0.2) is 59.7 Å². The quantitative estimate of drug-likeness (QED) is 0.419. The molecule has 0 saturated carbocycles. The molecule has 0 aliphatic rings. The van der Waals surface area contributed by atoms with Gasteiger partial charge in [-0.05, 0) is 44.6 Å². The zero-order valence-electron chi connectivity index (χ0n) is 15.3. The summed E-state index contributed by atoms with van der Waals surface area (Å²) in [6.45, 7) is 6.43. The van der Waals surface area contributed by atoms with Crippen LogP contribution < -0.4 is 10.6 Å². The molecule has 0 atom stereocenters. The lowest BCUT2D eigenvalue weighted by Crippen LogP contribution is -2.38. The molecule has 0 radical (unpaired) electrons. The Balaban J connectivity index is 1.70. The summed E-state index contributed by atoms with van der Waals surface area (Å²) < 4.78 is 0. The lowest BCUT2D eigenvalue weighted by Gasteiger charge is -2.17. The molecule has 1 aromatic carbocycles. The number of benzene rings is 1. The molecular formula is C20H29N5. The summed E-state index contributed by atoms with van der Waals surface area (Å²) in [6.07, 6.45) is 2.87. The molecule has 2 aromatic rings. The molecule has 0 spiro atoms. The predicted molar refractivity (Wildman–Crippen MR) is 104 cm³/mol. The van der Waals surface area contributed by atoms with E-state index < -0.39 is 0 Å². The number of nitrogens with zero attached hydrogens (tertiary/aromatic N) is 3. The third kappa shape index (κ3) is 7.81. The summed E-state index contributed by atoms with van der Waals surface area (Å²) in [5, 5.41) is 6.67. The van der Waals surface area contributed by atoms with Gasteiger partial charge in [-0.15, -0.1) is 0 Å². The van der Waals surface area contributed by atoms with Crippen molar-refractivity contribution >= 4 is 5.96 Å². The molecule has 1 heterocycles. The van der Waals surface area contributed by atoms with E-state index in [0.717, 1.165) is 44.3 Å². The van der Waals surface area contributed by atoms with E-state index in [4.69, 9.17) is 0 Å². The van der Waals surface area contributed by atoms with Crippen molar-refractivity contribution in [1.82, 2.24) is 20.5 Å². The number of rotatable bonds is 9. The second kappa shape index (κ2) is 11.2. The maximum Gasteiger partial charge on any atom is 0.191 e. The summed E-state index contributed by atoms with van der Waals surface area (Å²) in [5.74, 6) is 0.846. The normalized spacial score (nSPS) is 11.6. The van der Waals surface area contributed by atoms with Crippen LogP contribution >= 0.6 is 0 Å². The monoisotopic (exact) mass is 339 g/mol. The molecule has 25 heavy (non-hydrogen) atoms. The third-order valence-corrected chi connectivity index (χ3v) is 3.77. The smallest absolute Gasteiger partial charge is 0.191 e.